The molecular formula is C8H12N2O3. The van der Waals surface area contributed by atoms with Gasteiger partial charge >= 0.3 is 11.7 Å². The maximum Gasteiger partial charge on any atom is 0.323 e. The third-order valence-electron chi connectivity index (χ3n) is 1.84. The summed E-state index contributed by atoms with van der Waals surface area (Å²) in [6.45, 7) is 1.79. The Bertz CT molecular complexity index is 351. The molecule has 0 aromatic carbocycles. The number of aliphatic carboxylic acids is 1. The maximum atomic E-state index is 10.8. The quantitative estimate of drug-likeness (QED) is 0.633. The third kappa shape index (κ3) is 2.77. The van der Waals surface area contributed by atoms with Crippen molar-refractivity contribution < 1.29 is 9.90 Å². The minimum absolute atomic E-state index is 0.132. The summed E-state index contributed by atoms with van der Waals surface area (Å²) in [7, 11) is 0. The molecule has 0 aliphatic rings. The SMILES string of the molecule is Cc1[nH]c(=O)[nH]c1CCCC(=O)O. The number of H-pyrrole nitrogens is 2. The van der Waals surface area contributed by atoms with Crippen LogP contribution in [0.15, 0.2) is 4.79 Å². The van der Waals surface area contributed by atoms with E-state index in [1.54, 1.807) is 6.92 Å². The van der Waals surface area contributed by atoms with Gasteiger partial charge in [-0.1, -0.05) is 0 Å². The Morgan fingerprint density at radius 2 is 2.15 bits per heavy atom. The molecule has 0 radical (unpaired) electrons. The molecule has 0 fully saturated rings. The summed E-state index contributed by atoms with van der Waals surface area (Å²) in [6.07, 6.45) is 1.27. The standard InChI is InChI=1S/C8H12N2O3/c1-5-6(10-8(13)9-5)3-2-4-7(11)12/h2-4H2,1H3,(H,11,12)(H2,9,10,13). The predicted octanol–water partition coefficient (Wildman–Crippen LogP) is 0.419. The van der Waals surface area contributed by atoms with Crippen molar-refractivity contribution in [3.05, 3.63) is 21.9 Å². The van der Waals surface area contributed by atoms with E-state index in [1.165, 1.54) is 0 Å². The van der Waals surface area contributed by atoms with Crippen molar-refractivity contribution in [2.24, 2.45) is 0 Å². The summed E-state index contributed by atoms with van der Waals surface area (Å²) in [6, 6.07) is 0. The minimum atomic E-state index is -0.810. The van der Waals surface area contributed by atoms with Gasteiger partial charge in [0.2, 0.25) is 0 Å². The summed E-state index contributed by atoms with van der Waals surface area (Å²) in [5.74, 6) is -0.810. The second kappa shape index (κ2) is 3.93. The normalized spacial score (nSPS) is 10.2. The zero-order valence-electron chi connectivity index (χ0n) is 7.39. The molecular weight excluding hydrogens is 172 g/mol. The van der Waals surface area contributed by atoms with Crippen LogP contribution in [0.5, 0.6) is 0 Å². The Balaban J connectivity index is 2.50. The number of aromatic nitrogens is 2. The summed E-state index contributed by atoms with van der Waals surface area (Å²) in [5.41, 5.74) is 1.35. The molecule has 72 valence electrons. The van der Waals surface area contributed by atoms with E-state index >= 15 is 0 Å². The molecule has 0 aliphatic carbocycles. The van der Waals surface area contributed by atoms with Crippen LogP contribution in [0.3, 0.4) is 0 Å². The number of aryl methyl sites for hydroxylation is 2. The molecule has 1 rings (SSSR count). The number of hydrogen-bond acceptors (Lipinski definition) is 2. The summed E-state index contributed by atoms with van der Waals surface area (Å²) >= 11 is 0. The van der Waals surface area contributed by atoms with E-state index in [0.29, 0.717) is 12.8 Å². The van der Waals surface area contributed by atoms with Gasteiger partial charge < -0.3 is 15.1 Å². The van der Waals surface area contributed by atoms with Gasteiger partial charge in [0.05, 0.1) is 0 Å². The van der Waals surface area contributed by atoms with Crippen LogP contribution < -0.4 is 5.69 Å². The van der Waals surface area contributed by atoms with E-state index < -0.39 is 5.97 Å². The van der Waals surface area contributed by atoms with Crippen molar-refractivity contribution in [3.63, 3.8) is 0 Å². The predicted molar refractivity (Wildman–Crippen MR) is 46.7 cm³/mol. The number of aromatic amines is 2. The van der Waals surface area contributed by atoms with Crippen LogP contribution in [0.25, 0.3) is 0 Å². The summed E-state index contributed by atoms with van der Waals surface area (Å²) in [5, 5.41) is 8.39. The van der Waals surface area contributed by atoms with Gasteiger partial charge in [-0.15, -0.1) is 0 Å². The van der Waals surface area contributed by atoms with Crippen molar-refractivity contribution in [2.45, 2.75) is 26.2 Å². The van der Waals surface area contributed by atoms with E-state index in [1.807, 2.05) is 0 Å². The monoisotopic (exact) mass is 184 g/mol. The number of nitrogens with one attached hydrogen (secondary N) is 2. The van der Waals surface area contributed by atoms with Crippen LogP contribution in [0, 0.1) is 6.92 Å². The lowest BCUT2D eigenvalue weighted by Gasteiger charge is -1.96. The van der Waals surface area contributed by atoms with Gasteiger partial charge in [-0.3, -0.25) is 4.79 Å². The molecule has 0 aliphatic heterocycles. The van der Waals surface area contributed by atoms with Gasteiger partial charge in [-0.05, 0) is 19.8 Å². The van der Waals surface area contributed by atoms with Crippen molar-refractivity contribution in [1.29, 1.82) is 0 Å². The van der Waals surface area contributed by atoms with E-state index in [0.717, 1.165) is 11.4 Å². The molecule has 5 nitrogen and oxygen atoms in total. The summed E-state index contributed by atoms with van der Waals surface area (Å²) < 4.78 is 0. The Labute approximate surface area is 74.8 Å². The van der Waals surface area contributed by atoms with Crippen LogP contribution in [0.4, 0.5) is 0 Å². The highest BCUT2D eigenvalue weighted by Crippen LogP contribution is 2.03. The average molecular weight is 184 g/mol. The van der Waals surface area contributed by atoms with Crippen molar-refractivity contribution >= 4 is 5.97 Å². The number of hydrogen-bond donors (Lipinski definition) is 3. The molecule has 5 heteroatoms. The fraction of sp³-hybridized carbons (Fsp3) is 0.500. The Kier molecular flexibility index (Phi) is 2.89. The second-order valence-electron chi connectivity index (χ2n) is 2.93. The fourth-order valence-corrected chi connectivity index (χ4v) is 1.17. The van der Waals surface area contributed by atoms with E-state index in [9.17, 15) is 9.59 Å². The van der Waals surface area contributed by atoms with Gasteiger partial charge in [0.1, 0.15) is 0 Å². The van der Waals surface area contributed by atoms with E-state index in [4.69, 9.17) is 5.11 Å². The number of rotatable bonds is 4. The Morgan fingerprint density at radius 1 is 1.46 bits per heavy atom. The van der Waals surface area contributed by atoms with Gasteiger partial charge in [0.15, 0.2) is 0 Å². The molecule has 1 aromatic rings. The minimum Gasteiger partial charge on any atom is -0.481 e. The van der Waals surface area contributed by atoms with Crippen LogP contribution >= 0.6 is 0 Å². The third-order valence-corrected chi connectivity index (χ3v) is 1.84. The lowest BCUT2D eigenvalue weighted by molar-refractivity contribution is -0.137. The average Bonchev–Trinajstić information content (AvgIpc) is 2.29. The zero-order chi connectivity index (χ0) is 9.84. The van der Waals surface area contributed by atoms with Crippen molar-refractivity contribution in [2.75, 3.05) is 0 Å². The highest BCUT2D eigenvalue weighted by atomic mass is 16.4. The molecule has 0 atom stereocenters. The number of carboxylic acids is 1. The lowest BCUT2D eigenvalue weighted by atomic mass is 10.2. The lowest BCUT2D eigenvalue weighted by Crippen LogP contribution is -2.01. The van der Waals surface area contributed by atoms with Crippen LogP contribution in [0.1, 0.15) is 24.2 Å². The molecule has 0 saturated heterocycles. The van der Waals surface area contributed by atoms with E-state index in [-0.39, 0.29) is 12.1 Å². The Morgan fingerprint density at radius 3 is 2.62 bits per heavy atom. The molecule has 1 aromatic heterocycles. The molecule has 0 bridgehead atoms. The number of imidazole rings is 1. The Hall–Kier alpha value is -1.52. The van der Waals surface area contributed by atoms with Gasteiger partial charge in [0, 0.05) is 17.8 Å². The first-order chi connectivity index (χ1) is 6.09. The first kappa shape index (κ1) is 9.57. The van der Waals surface area contributed by atoms with Gasteiger partial charge in [-0.2, -0.15) is 0 Å². The second-order valence-corrected chi connectivity index (χ2v) is 2.93. The van der Waals surface area contributed by atoms with Crippen molar-refractivity contribution in [1.82, 2.24) is 9.97 Å². The molecule has 0 unspecified atom stereocenters. The molecule has 0 saturated carbocycles. The highest BCUT2D eigenvalue weighted by molar-refractivity contribution is 5.66. The van der Waals surface area contributed by atoms with Crippen molar-refractivity contribution in [3.8, 4) is 0 Å². The number of carbonyl (C=O) groups is 1. The molecule has 0 spiro atoms. The van der Waals surface area contributed by atoms with Crippen LogP contribution in [-0.2, 0) is 11.2 Å². The first-order valence-corrected chi connectivity index (χ1v) is 4.09. The maximum absolute atomic E-state index is 10.8. The molecule has 1 heterocycles. The summed E-state index contributed by atoms with van der Waals surface area (Å²) in [4.78, 5) is 26.2. The van der Waals surface area contributed by atoms with Gasteiger partial charge in [-0.25, -0.2) is 4.79 Å². The highest BCUT2D eigenvalue weighted by Gasteiger charge is 2.03. The number of carboxylic acid groups (broad SMARTS) is 1. The van der Waals surface area contributed by atoms with Crippen LogP contribution in [-0.4, -0.2) is 21.0 Å². The zero-order valence-corrected chi connectivity index (χ0v) is 7.39. The molecule has 13 heavy (non-hydrogen) atoms. The molecule has 3 N–H and O–H groups in total. The fourth-order valence-electron chi connectivity index (χ4n) is 1.17. The molecule has 0 amide bonds. The van der Waals surface area contributed by atoms with Crippen LogP contribution in [0.2, 0.25) is 0 Å². The van der Waals surface area contributed by atoms with E-state index in [2.05, 4.69) is 9.97 Å². The largest absolute Gasteiger partial charge is 0.481 e. The van der Waals surface area contributed by atoms with Gasteiger partial charge in [0.25, 0.3) is 0 Å². The smallest absolute Gasteiger partial charge is 0.323 e. The topological polar surface area (TPSA) is 86.0 Å². The first-order valence-electron chi connectivity index (χ1n) is 4.09.